The molecule has 0 N–H and O–H groups in total. The molecule has 1 atom stereocenters. The van der Waals surface area contributed by atoms with Gasteiger partial charge in [0.15, 0.2) is 0 Å². The Bertz CT molecular complexity index is 324. The second-order valence-electron chi connectivity index (χ2n) is 4.34. The maximum atomic E-state index is 5.42. The van der Waals surface area contributed by atoms with Crippen LogP contribution in [0, 0.1) is 0 Å². The van der Waals surface area contributed by atoms with Crippen molar-refractivity contribution in [1.82, 2.24) is 4.90 Å². The Hall–Kier alpha value is -1.02. The van der Waals surface area contributed by atoms with Gasteiger partial charge < -0.3 is 9.64 Å². The molecule has 1 aliphatic rings. The number of nitrogens with zero attached hydrogens (tertiary/aromatic N) is 1. The van der Waals surface area contributed by atoms with Crippen molar-refractivity contribution in [1.29, 1.82) is 0 Å². The first kappa shape index (κ1) is 10.5. The van der Waals surface area contributed by atoms with Gasteiger partial charge in [-0.1, -0.05) is 18.2 Å². The second-order valence-corrected chi connectivity index (χ2v) is 4.34. The Morgan fingerprint density at radius 3 is 2.87 bits per heavy atom. The molecule has 1 fully saturated rings. The molecule has 0 aliphatic carbocycles. The predicted octanol–water partition coefficient (Wildman–Crippen LogP) is 2.50. The van der Waals surface area contributed by atoms with Crippen molar-refractivity contribution in [2.45, 2.75) is 18.8 Å². The number of methoxy groups -OCH3 is 1. The summed E-state index contributed by atoms with van der Waals surface area (Å²) in [6, 6.07) is 8.40. The lowest BCUT2D eigenvalue weighted by Gasteiger charge is -2.30. The molecule has 1 saturated heterocycles. The van der Waals surface area contributed by atoms with Crippen molar-refractivity contribution in [3.05, 3.63) is 29.8 Å². The van der Waals surface area contributed by atoms with Crippen molar-refractivity contribution in [2.75, 3.05) is 27.2 Å². The maximum absolute atomic E-state index is 5.42. The molecule has 0 radical (unpaired) electrons. The third kappa shape index (κ3) is 2.32. The first-order valence-corrected chi connectivity index (χ1v) is 5.62. The van der Waals surface area contributed by atoms with Crippen LogP contribution in [0.2, 0.25) is 0 Å². The SMILES string of the molecule is COc1ccccc1[C@H]1CCCN(C)C1. The van der Waals surface area contributed by atoms with E-state index in [9.17, 15) is 0 Å². The van der Waals surface area contributed by atoms with Gasteiger partial charge >= 0.3 is 0 Å². The topological polar surface area (TPSA) is 12.5 Å². The van der Waals surface area contributed by atoms with E-state index in [-0.39, 0.29) is 0 Å². The Morgan fingerprint density at radius 2 is 2.13 bits per heavy atom. The molecule has 1 aromatic rings. The molecule has 0 aromatic heterocycles. The lowest BCUT2D eigenvalue weighted by atomic mass is 9.90. The molecular formula is C13H19NO. The third-order valence-electron chi connectivity index (χ3n) is 3.20. The number of para-hydroxylation sites is 1. The van der Waals surface area contributed by atoms with Crippen molar-refractivity contribution < 1.29 is 4.74 Å². The van der Waals surface area contributed by atoms with E-state index in [1.807, 2.05) is 6.07 Å². The second kappa shape index (κ2) is 4.67. The molecule has 1 heterocycles. The van der Waals surface area contributed by atoms with Gasteiger partial charge in [-0.15, -0.1) is 0 Å². The highest BCUT2D eigenvalue weighted by Crippen LogP contribution is 2.32. The summed E-state index contributed by atoms with van der Waals surface area (Å²) in [7, 11) is 3.95. The highest BCUT2D eigenvalue weighted by Gasteiger charge is 2.21. The Kier molecular flexibility index (Phi) is 3.27. The lowest BCUT2D eigenvalue weighted by molar-refractivity contribution is 0.247. The summed E-state index contributed by atoms with van der Waals surface area (Å²) in [5.41, 5.74) is 1.37. The van der Waals surface area contributed by atoms with Crippen LogP contribution in [0.1, 0.15) is 24.3 Å². The van der Waals surface area contributed by atoms with Gasteiger partial charge in [0.05, 0.1) is 7.11 Å². The van der Waals surface area contributed by atoms with E-state index in [0.717, 1.165) is 12.3 Å². The van der Waals surface area contributed by atoms with Gasteiger partial charge in [0.2, 0.25) is 0 Å². The molecule has 15 heavy (non-hydrogen) atoms. The maximum Gasteiger partial charge on any atom is 0.122 e. The third-order valence-corrected chi connectivity index (χ3v) is 3.20. The van der Waals surface area contributed by atoms with Crippen molar-refractivity contribution in [3.8, 4) is 5.75 Å². The summed E-state index contributed by atoms with van der Waals surface area (Å²) < 4.78 is 5.42. The van der Waals surface area contributed by atoms with Gasteiger partial charge in [-0.2, -0.15) is 0 Å². The Balaban J connectivity index is 2.20. The summed E-state index contributed by atoms with van der Waals surface area (Å²) in [5.74, 6) is 1.68. The number of likely N-dealkylation sites (tertiary alicyclic amines) is 1. The monoisotopic (exact) mass is 205 g/mol. The quantitative estimate of drug-likeness (QED) is 0.735. The minimum absolute atomic E-state index is 0.639. The standard InChI is InChI=1S/C13H19NO/c1-14-9-5-6-11(10-14)12-7-3-4-8-13(12)15-2/h3-4,7-8,11H,5-6,9-10H2,1-2H3/t11-/m0/s1. The van der Waals surface area contributed by atoms with E-state index in [1.54, 1.807) is 7.11 Å². The smallest absolute Gasteiger partial charge is 0.122 e. The normalized spacial score (nSPS) is 22.7. The van der Waals surface area contributed by atoms with Crippen LogP contribution in [-0.2, 0) is 0 Å². The van der Waals surface area contributed by atoms with Crippen LogP contribution in [0.25, 0.3) is 0 Å². The number of ether oxygens (including phenoxy) is 1. The number of hydrogen-bond donors (Lipinski definition) is 0. The zero-order valence-corrected chi connectivity index (χ0v) is 9.57. The fraction of sp³-hybridized carbons (Fsp3) is 0.538. The Morgan fingerprint density at radius 1 is 1.33 bits per heavy atom. The highest BCUT2D eigenvalue weighted by atomic mass is 16.5. The summed E-state index contributed by atoms with van der Waals surface area (Å²) in [5, 5.41) is 0. The van der Waals surface area contributed by atoms with Crippen LogP contribution >= 0.6 is 0 Å². The average molecular weight is 205 g/mol. The average Bonchev–Trinajstić information content (AvgIpc) is 2.29. The van der Waals surface area contributed by atoms with E-state index >= 15 is 0 Å². The largest absolute Gasteiger partial charge is 0.496 e. The first-order valence-electron chi connectivity index (χ1n) is 5.62. The van der Waals surface area contributed by atoms with Crippen LogP contribution < -0.4 is 4.74 Å². The fourth-order valence-corrected chi connectivity index (χ4v) is 2.42. The van der Waals surface area contributed by atoms with Crippen molar-refractivity contribution in [2.24, 2.45) is 0 Å². The molecule has 0 unspecified atom stereocenters. The number of hydrogen-bond acceptors (Lipinski definition) is 2. The molecule has 0 bridgehead atoms. The van der Waals surface area contributed by atoms with Crippen LogP contribution in [0.4, 0.5) is 0 Å². The molecule has 2 nitrogen and oxygen atoms in total. The molecule has 0 spiro atoms. The van der Waals surface area contributed by atoms with Crippen LogP contribution in [0.3, 0.4) is 0 Å². The molecule has 1 aliphatic heterocycles. The minimum Gasteiger partial charge on any atom is -0.496 e. The van der Waals surface area contributed by atoms with Crippen LogP contribution in [0.15, 0.2) is 24.3 Å². The van der Waals surface area contributed by atoms with Gasteiger partial charge in [0.25, 0.3) is 0 Å². The molecule has 82 valence electrons. The summed E-state index contributed by atoms with van der Waals surface area (Å²) in [4.78, 5) is 2.40. The summed E-state index contributed by atoms with van der Waals surface area (Å²) in [6.07, 6.45) is 2.57. The van der Waals surface area contributed by atoms with Crippen molar-refractivity contribution in [3.63, 3.8) is 0 Å². The zero-order valence-electron chi connectivity index (χ0n) is 9.57. The number of likely N-dealkylation sites (N-methyl/N-ethyl adjacent to an activating group) is 1. The van der Waals surface area contributed by atoms with E-state index in [0.29, 0.717) is 5.92 Å². The van der Waals surface area contributed by atoms with E-state index in [2.05, 4.69) is 30.1 Å². The van der Waals surface area contributed by atoms with Gasteiger partial charge in [0.1, 0.15) is 5.75 Å². The van der Waals surface area contributed by atoms with Crippen molar-refractivity contribution >= 4 is 0 Å². The lowest BCUT2D eigenvalue weighted by Crippen LogP contribution is -2.30. The number of piperidine rings is 1. The number of benzene rings is 1. The van der Waals surface area contributed by atoms with Gasteiger partial charge in [-0.05, 0) is 38.1 Å². The molecule has 2 rings (SSSR count). The minimum atomic E-state index is 0.639. The van der Waals surface area contributed by atoms with Crippen LogP contribution in [-0.4, -0.2) is 32.1 Å². The van der Waals surface area contributed by atoms with Gasteiger partial charge in [-0.3, -0.25) is 0 Å². The predicted molar refractivity (Wildman–Crippen MR) is 62.5 cm³/mol. The van der Waals surface area contributed by atoms with Gasteiger partial charge in [0, 0.05) is 12.5 Å². The molecule has 0 amide bonds. The fourth-order valence-electron chi connectivity index (χ4n) is 2.42. The van der Waals surface area contributed by atoms with E-state index in [4.69, 9.17) is 4.74 Å². The van der Waals surface area contributed by atoms with E-state index in [1.165, 1.54) is 24.9 Å². The van der Waals surface area contributed by atoms with Crippen LogP contribution in [0.5, 0.6) is 5.75 Å². The number of rotatable bonds is 2. The first-order chi connectivity index (χ1) is 7.31. The highest BCUT2D eigenvalue weighted by molar-refractivity contribution is 5.36. The molecular weight excluding hydrogens is 186 g/mol. The zero-order chi connectivity index (χ0) is 10.7. The van der Waals surface area contributed by atoms with E-state index < -0.39 is 0 Å². The Labute approximate surface area is 91.9 Å². The summed E-state index contributed by atoms with van der Waals surface area (Å²) in [6.45, 7) is 2.38. The molecule has 0 saturated carbocycles. The summed E-state index contributed by atoms with van der Waals surface area (Å²) >= 11 is 0. The molecule has 1 aromatic carbocycles. The van der Waals surface area contributed by atoms with Gasteiger partial charge in [-0.25, -0.2) is 0 Å². The molecule has 2 heteroatoms.